The zero-order valence-electron chi connectivity index (χ0n) is 13.3. The molecule has 2 N–H and O–H groups in total. The van der Waals surface area contributed by atoms with Crippen LogP contribution < -0.4 is 10.6 Å². The summed E-state index contributed by atoms with van der Waals surface area (Å²) < 4.78 is 25.1. The van der Waals surface area contributed by atoms with E-state index in [2.05, 4.69) is 10.6 Å². The molecule has 0 radical (unpaired) electrons. The van der Waals surface area contributed by atoms with Crippen LogP contribution in [-0.2, 0) is 10.0 Å². The van der Waals surface area contributed by atoms with E-state index in [1.54, 1.807) is 25.1 Å². The van der Waals surface area contributed by atoms with Gasteiger partial charge >= 0.3 is 6.03 Å². The molecule has 0 unspecified atom stereocenters. The summed E-state index contributed by atoms with van der Waals surface area (Å²) in [7, 11) is -3.14. The SMILES string of the molecule is CCS(=O)(=O)N1CCC(NC(=O)Nc2cccc(Cl)c2C)CC1. The first kappa shape index (κ1) is 18.0. The quantitative estimate of drug-likeness (QED) is 0.867. The Kier molecular flexibility index (Phi) is 5.89. The van der Waals surface area contributed by atoms with Gasteiger partial charge in [-0.05, 0) is 44.4 Å². The summed E-state index contributed by atoms with van der Waals surface area (Å²) in [5.41, 5.74) is 1.48. The molecular formula is C15H22ClN3O3S. The van der Waals surface area contributed by atoms with E-state index in [9.17, 15) is 13.2 Å². The highest BCUT2D eigenvalue weighted by atomic mass is 35.5. The molecule has 1 fully saturated rings. The number of carbonyl (C=O) groups excluding carboxylic acids is 1. The third-order valence-electron chi connectivity index (χ3n) is 4.06. The number of nitrogens with one attached hydrogen (secondary N) is 2. The fourth-order valence-corrected chi connectivity index (χ4v) is 3.85. The molecule has 6 nitrogen and oxygen atoms in total. The normalized spacial score (nSPS) is 17.0. The number of hydrogen-bond acceptors (Lipinski definition) is 3. The van der Waals surface area contributed by atoms with Crippen molar-refractivity contribution in [2.75, 3.05) is 24.2 Å². The van der Waals surface area contributed by atoms with Crippen molar-refractivity contribution in [3.05, 3.63) is 28.8 Å². The maximum atomic E-state index is 12.1. The Morgan fingerprint density at radius 1 is 1.35 bits per heavy atom. The van der Waals surface area contributed by atoms with Crippen molar-refractivity contribution < 1.29 is 13.2 Å². The van der Waals surface area contributed by atoms with Gasteiger partial charge in [-0.15, -0.1) is 0 Å². The van der Waals surface area contributed by atoms with Gasteiger partial charge < -0.3 is 10.6 Å². The number of sulfonamides is 1. The van der Waals surface area contributed by atoms with E-state index in [1.165, 1.54) is 4.31 Å². The van der Waals surface area contributed by atoms with E-state index in [0.717, 1.165) is 5.56 Å². The van der Waals surface area contributed by atoms with Crippen LogP contribution in [-0.4, -0.2) is 43.6 Å². The van der Waals surface area contributed by atoms with Crippen molar-refractivity contribution >= 4 is 33.3 Å². The molecular weight excluding hydrogens is 338 g/mol. The molecule has 2 rings (SSSR count). The molecule has 1 aliphatic heterocycles. The van der Waals surface area contributed by atoms with Crippen LogP contribution >= 0.6 is 11.6 Å². The minimum atomic E-state index is -3.14. The average Bonchev–Trinajstić information content (AvgIpc) is 2.52. The van der Waals surface area contributed by atoms with Gasteiger partial charge in [0.25, 0.3) is 0 Å². The number of benzene rings is 1. The number of hydrogen-bond donors (Lipinski definition) is 2. The Morgan fingerprint density at radius 3 is 2.61 bits per heavy atom. The van der Waals surface area contributed by atoms with Crippen LogP contribution in [0.4, 0.5) is 10.5 Å². The van der Waals surface area contributed by atoms with Gasteiger partial charge in [0.05, 0.1) is 5.75 Å². The Hall–Kier alpha value is -1.31. The monoisotopic (exact) mass is 359 g/mol. The Labute approximate surface area is 142 Å². The lowest BCUT2D eigenvalue weighted by atomic mass is 10.1. The summed E-state index contributed by atoms with van der Waals surface area (Å²) in [4.78, 5) is 12.1. The van der Waals surface area contributed by atoms with Crippen molar-refractivity contribution in [2.45, 2.75) is 32.7 Å². The summed E-state index contributed by atoms with van der Waals surface area (Å²) >= 11 is 6.03. The van der Waals surface area contributed by atoms with Gasteiger partial charge in [0.2, 0.25) is 10.0 Å². The maximum Gasteiger partial charge on any atom is 0.319 e. The molecule has 8 heteroatoms. The number of rotatable bonds is 4. The first-order valence-corrected chi connectivity index (χ1v) is 9.62. The number of nitrogens with zero attached hydrogens (tertiary/aromatic N) is 1. The van der Waals surface area contributed by atoms with E-state index in [-0.39, 0.29) is 17.8 Å². The number of anilines is 1. The van der Waals surface area contributed by atoms with Crippen molar-refractivity contribution in [3.63, 3.8) is 0 Å². The predicted molar refractivity (Wildman–Crippen MR) is 92.4 cm³/mol. The molecule has 1 aromatic carbocycles. The summed E-state index contributed by atoms with van der Waals surface area (Å²) in [6, 6.07) is 5.00. The fraction of sp³-hybridized carbons (Fsp3) is 0.533. The molecule has 1 aliphatic rings. The number of amides is 2. The van der Waals surface area contributed by atoms with Gasteiger partial charge in [-0.25, -0.2) is 17.5 Å². The lowest BCUT2D eigenvalue weighted by molar-refractivity contribution is 0.238. The van der Waals surface area contributed by atoms with Crippen LogP contribution in [0.1, 0.15) is 25.3 Å². The maximum absolute atomic E-state index is 12.1. The number of carbonyl (C=O) groups is 1. The van der Waals surface area contributed by atoms with Crippen LogP contribution in [0.3, 0.4) is 0 Å². The minimum Gasteiger partial charge on any atom is -0.335 e. The average molecular weight is 360 g/mol. The Balaban J connectivity index is 1.87. The molecule has 0 saturated carbocycles. The van der Waals surface area contributed by atoms with E-state index < -0.39 is 10.0 Å². The third kappa shape index (κ3) is 4.59. The molecule has 1 aromatic rings. The summed E-state index contributed by atoms with van der Waals surface area (Å²) in [5, 5.41) is 6.27. The van der Waals surface area contributed by atoms with Crippen molar-refractivity contribution in [3.8, 4) is 0 Å². The molecule has 0 aromatic heterocycles. The molecule has 128 valence electrons. The minimum absolute atomic E-state index is 0.0298. The summed E-state index contributed by atoms with van der Waals surface area (Å²) in [5.74, 6) is 0.111. The second-order valence-corrected chi connectivity index (χ2v) is 8.25. The third-order valence-corrected chi connectivity index (χ3v) is 6.35. The van der Waals surface area contributed by atoms with Crippen molar-refractivity contribution in [1.82, 2.24) is 9.62 Å². The van der Waals surface area contributed by atoms with Gasteiger partial charge in [-0.2, -0.15) is 0 Å². The summed E-state index contributed by atoms with van der Waals surface area (Å²) in [6.45, 7) is 4.36. The van der Waals surface area contributed by atoms with Crippen molar-refractivity contribution in [1.29, 1.82) is 0 Å². The molecule has 2 amide bonds. The topological polar surface area (TPSA) is 78.5 Å². The summed E-state index contributed by atoms with van der Waals surface area (Å²) in [6.07, 6.45) is 1.22. The van der Waals surface area contributed by atoms with Gasteiger partial charge in [0.1, 0.15) is 0 Å². The molecule has 0 atom stereocenters. The van der Waals surface area contributed by atoms with E-state index in [4.69, 9.17) is 11.6 Å². The number of urea groups is 1. The van der Waals surface area contributed by atoms with Crippen LogP contribution in [0.2, 0.25) is 5.02 Å². The molecule has 0 spiro atoms. The first-order chi connectivity index (χ1) is 10.8. The molecule has 0 aliphatic carbocycles. The standard InChI is InChI=1S/C15H22ClN3O3S/c1-3-23(21,22)19-9-7-12(8-10-19)17-15(20)18-14-6-4-5-13(16)11(14)2/h4-6,12H,3,7-10H2,1-2H3,(H2,17,18,20). The van der Waals surface area contributed by atoms with E-state index in [1.807, 2.05) is 6.92 Å². The second kappa shape index (κ2) is 7.51. The van der Waals surface area contributed by atoms with Crippen LogP contribution in [0.25, 0.3) is 0 Å². The highest BCUT2D eigenvalue weighted by molar-refractivity contribution is 7.89. The predicted octanol–water partition coefficient (Wildman–Crippen LogP) is 2.58. The molecule has 0 bridgehead atoms. The lowest BCUT2D eigenvalue weighted by Gasteiger charge is -2.31. The molecule has 23 heavy (non-hydrogen) atoms. The molecule has 1 saturated heterocycles. The second-order valence-electron chi connectivity index (χ2n) is 5.58. The van der Waals surface area contributed by atoms with E-state index in [0.29, 0.717) is 36.6 Å². The van der Waals surface area contributed by atoms with Gasteiger partial charge in [0, 0.05) is 29.8 Å². The van der Waals surface area contributed by atoms with Crippen LogP contribution in [0.5, 0.6) is 0 Å². The number of piperidine rings is 1. The van der Waals surface area contributed by atoms with Gasteiger partial charge in [-0.3, -0.25) is 0 Å². The smallest absolute Gasteiger partial charge is 0.319 e. The highest BCUT2D eigenvalue weighted by Gasteiger charge is 2.27. The zero-order valence-corrected chi connectivity index (χ0v) is 14.9. The van der Waals surface area contributed by atoms with Crippen LogP contribution in [0, 0.1) is 6.92 Å². The zero-order chi connectivity index (χ0) is 17.0. The van der Waals surface area contributed by atoms with E-state index >= 15 is 0 Å². The lowest BCUT2D eigenvalue weighted by Crippen LogP contribution is -2.47. The Morgan fingerprint density at radius 2 is 2.00 bits per heavy atom. The van der Waals surface area contributed by atoms with Gasteiger partial charge in [0.15, 0.2) is 0 Å². The molecule has 1 heterocycles. The Bertz CT molecular complexity index is 671. The number of halogens is 1. The fourth-order valence-electron chi connectivity index (χ4n) is 2.55. The largest absolute Gasteiger partial charge is 0.335 e. The highest BCUT2D eigenvalue weighted by Crippen LogP contribution is 2.23. The van der Waals surface area contributed by atoms with Crippen LogP contribution in [0.15, 0.2) is 18.2 Å². The van der Waals surface area contributed by atoms with Gasteiger partial charge in [-0.1, -0.05) is 17.7 Å². The first-order valence-electron chi connectivity index (χ1n) is 7.64. The van der Waals surface area contributed by atoms with Crippen molar-refractivity contribution in [2.24, 2.45) is 0 Å².